The second-order valence-electron chi connectivity index (χ2n) is 7.58. The minimum Gasteiger partial charge on any atom is -0.277 e. The molecule has 2 aromatic carbocycles. The van der Waals surface area contributed by atoms with Crippen molar-refractivity contribution in [3.05, 3.63) is 58.9 Å². The van der Waals surface area contributed by atoms with Gasteiger partial charge in [0.05, 0.1) is 10.6 Å². The first kappa shape index (κ1) is 20.4. The van der Waals surface area contributed by atoms with Crippen LogP contribution in [0.2, 0.25) is 0 Å². The Kier molecular flexibility index (Phi) is 6.12. The normalized spacial score (nSPS) is 12.2. The van der Waals surface area contributed by atoms with Gasteiger partial charge in [0.15, 0.2) is 0 Å². The van der Waals surface area contributed by atoms with Crippen LogP contribution in [0.4, 0.5) is 10.1 Å². The summed E-state index contributed by atoms with van der Waals surface area (Å²) in [4.78, 5) is 0.273. The number of halogens is 1. The Morgan fingerprint density at radius 1 is 0.846 bits per heavy atom. The molecular weight excluding hydrogens is 349 g/mol. The molecule has 0 unspecified atom stereocenters. The Morgan fingerprint density at radius 2 is 1.35 bits per heavy atom. The van der Waals surface area contributed by atoms with E-state index in [9.17, 15) is 12.8 Å². The summed E-state index contributed by atoms with van der Waals surface area (Å²) in [6.45, 7) is 12.1. The van der Waals surface area contributed by atoms with Gasteiger partial charge in [0.2, 0.25) is 0 Å². The summed E-state index contributed by atoms with van der Waals surface area (Å²) in [5, 5.41) is 0. The maximum absolute atomic E-state index is 14.0. The zero-order valence-corrected chi connectivity index (χ0v) is 17.1. The summed E-state index contributed by atoms with van der Waals surface area (Å²) >= 11 is 0. The molecule has 1 N–H and O–H groups in total. The van der Waals surface area contributed by atoms with Crippen LogP contribution >= 0.6 is 0 Å². The van der Waals surface area contributed by atoms with Crippen LogP contribution in [0, 0.1) is 5.82 Å². The lowest BCUT2D eigenvalue weighted by Crippen LogP contribution is -2.19. The smallest absolute Gasteiger partial charge is 0.262 e. The zero-order valence-electron chi connectivity index (χ0n) is 16.3. The van der Waals surface area contributed by atoms with Crippen LogP contribution in [0.1, 0.15) is 76.0 Å². The number of nitrogens with one attached hydrogen (secondary N) is 1. The maximum Gasteiger partial charge on any atom is 0.262 e. The van der Waals surface area contributed by atoms with Crippen molar-refractivity contribution in [2.24, 2.45) is 0 Å². The summed E-state index contributed by atoms with van der Waals surface area (Å²) in [6.07, 6.45) is 0. The predicted octanol–water partition coefficient (Wildman–Crippen LogP) is 6.00. The van der Waals surface area contributed by atoms with E-state index in [1.807, 2.05) is 39.8 Å². The lowest BCUT2D eigenvalue weighted by Gasteiger charge is -2.23. The maximum atomic E-state index is 14.0. The first-order valence-electron chi connectivity index (χ1n) is 8.99. The predicted molar refractivity (Wildman–Crippen MR) is 106 cm³/mol. The van der Waals surface area contributed by atoms with Gasteiger partial charge in [0.1, 0.15) is 5.82 Å². The molecule has 0 aromatic heterocycles. The zero-order chi connectivity index (χ0) is 19.6. The molecule has 0 amide bonds. The topological polar surface area (TPSA) is 46.2 Å². The highest BCUT2D eigenvalue weighted by Gasteiger charge is 2.27. The van der Waals surface area contributed by atoms with Crippen LogP contribution < -0.4 is 4.72 Å². The fraction of sp³-hybridized carbons (Fsp3) is 0.429. The summed E-state index contributed by atoms with van der Waals surface area (Å²) in [7, 11) is -3.92. The standard InChI is InChI=1S/C21H28FNO2S/c1-13(2)16-11-17(14(3)4)21(18(12-16)15(5)6)26(24,25)23-20-10-8-7-9-19(20)22/h7-15,23H,1-6H3. The van der Waals surface area contributed by atoms with Gasteiger partial charge in [0, 0.05) is 0 Å². The molecule has 0 aliphatic heterocycles. The van der Waals surface area contributed by atoms with Crippen LogP contribution in [0.25, 0.3) is 0 Å². The molecular formula is C21H28FNO2S. The minimum absolute atomic E-state index is 0.0263. The monoisotopic (exact) mass is 377 g/mol. The first-order valence-corrected chi connectivity index (χ1v) is 10.5. The number of hydrogen-bond acceptors (Lipinski definition) is 2. The van der Waals surface area contributed by atoms with Crippen LogP contribution in [0.3, 0.4) is 0 Å². The molecule has 0 bridgehead atoms. The molecule has 0 saturated carbocycles. The number of sulfonamides is 1. The summed E-state index contributed by atoms with van der Waals surface area (Å²) in [5.74, 6) is -0.245. The van der Waals surface area contributed by atoms with E-state index in [1.165, 1.54) is 18.2 Å². The van der Waals surface area contributed by atoms with Crippen molar-refractivity contribution in [3.63, 3.8) is 0 Å². The molecule has 0 saturated heterocycles. The quantitative estimate of drug-likeness (QED) is 0.671. The van der Waals surface area contributed by atoms with E-state index in [0.29, 0.717) is 5.92 Å². The second kappa shape index (κ2) is 7.78. The van der Waals surface area contributed by atoms with Gasteiger partial charge in [-0.2, -0.15) is 0 Å². The summed E-state index contributed by atoms with van der Waals surface area (Å²) < 4.78 is 42.9. The van der Waals surface area contributed by atoms with Crippen molar-refractivity contribution < 1.29 is 12.8 Å². The lowest BCUT2D eigenvalue weighted by molar-refractivity contribution is 0.593. The number of anilines is 1. The average Bonchev–Trinajstić information content (AvgIpc) is 2.55. The molecule has 26 heavy (non-hydrogen) atoms. The highest BCUT2D eigenvalue weighted by atomic mass is 32.2. The Morgan fingerprint density at radius 3 is 1.77 bits per heavy atom. The highest BCUT2D eigenvalue weighted by molar-refractivity contribution is 7.92. The van der Waals surface area contributed by atoms with Crippen LogP contribution in [0.15, 0.2) is 41.3 Å². The third-order valence-electron chi connectivity index (χ3n) is 4.47. The van der Waals surface area contributed by atoms with E-state index in [0.717, 1.165) is 16.7 Å². The third kappa shape index (κ3) is 4.26. The van der Waals surface area contributed by atoms with Gasteiger partial charge in [-0.25, -0.2) is 12.8 Å². The summed E-state index contributed by atoms with van der Waals surface area (Å²) in [6, 6.07) is 9.75. The number of hydrogen-bond donors (Lipinski definition) is 1. The van der Waals surface area contributed by atoms with Crippen LogP contribution in [-0.4, -0.2) is 8.42 Å². The highest BCUT2D eigenvalue weighted by Crippen LogP contribution is 2.36. The molecule has 5 heteroatoms. The van der Waals surface area contributed by atoms with Gasteiger partial charge >= 0.3 is 0 Å². The van der Waals surface area contributed by atoms with Gasteiger partial charge in [0.25, 0.3) is 10.0 Å². The average molecular weight is 378 g/mol. The van der Waals surface area contributed by atoms with Gasteiger partial charge in [-0.05, 0) is 46.6 Å². The van der Waals surface area contributed by atoms with Gasteiger partial charge in [-0.3, -0.25) is 4.72 Å². The molecule has 2 aromatic rings. The lowest BCUT2D eigenvalue weighted by atomic mass is 9.89. The van der Waals surface area contributed by atoms with E-state index in [1.54, 1.807) is 6.07 Å². The van der Waals surface area contributed by atoms with Gasteiger partial charge in [-0.1, -0.05) is 65.8 Å². The molecule has 2 rings (SSSR count). The Hall–Kier alpha value is -1.88. The largest absolute Gasteiger partial charge is 0.277 e. The number of para-hydroxylation sites is 1. The molecule has 0 atom stereocenters. The van der Waals surface area contributed by atoms with E-state index in [4.69, 9.17) is 0 Å². The summed E-state index contributed by atoms with van der Waals surface area (Å²) in [5.41, 5.74) is 2.61. The molecule has 0 aliphatic rings. The van der Waals surface area contributed by atoms with Crippen LogP contribution in [-0.2, 0) is 10.0 Å². The molecule has 0 aliphatic carbocycles. The Balaban J connectivity index is 2.71. The van der Waals surface area contributed by atoms with Crippen molar-refractivity contribution in [3.8, 4) is 0 Å². The van der Waals surface area contributed by atoms with Crippen molar-refractivity contribution >= 4 is 15.7 Å². The molecule has 0 spiro atoms. The van der Waals surface area contributed by atoms with E-state index >= 15 is 0 Å². The number of benzene rings is 2. The van der Waals surface area contributed by atoms with Crippen molar-refractivity contribution in [1.29, 1.82) is 0 Å². The van der Waals surface area contributed by atoms with Gasteiger partial charge < -0.3 is 0 Å². The van der Waals surface area contributed by atoms with Crippen molar-refractivity contribution in [2.45, 2.75) is 64.2 Å². The first-order chi connectivity index (χ1) is 12.0. The van der Waals surface area contributed by atoms with E-state index < -0.39 is 15.8 Å². The Labute approximate surface area is 156 Å². The van der Waals surface area contributed by atoms with Crippen molar-refractivity contribution in [2.75, 3.05) is 4.72 Å². The SMILES string of the molecule is CC(C)c1cc(C(C)C)c(S(=O)(=O)Nc2ccccc2F)c(C(C)C)c1. The molecule has 0 fully saturated rings. The molecule has 3 nitrogen and oxygen atoms in total. The fourth-order valence-corrected chi connectivity index (χ4v) is 4.71. The minimum atomic E-state index is -3.92. The van der Waals surface area contributed by atoms with E-state index in [-0.39, 0.29) is 22.4 Å². The van der Waals surface area contributed by atoms with Crippen molar-refractivity contribution in [1.82, 2.24) is 0 Å². The van der Waals surface area contributed by atoms with E-state index in [2.05, 4.69) is 18.6 Å². The second-order valence-corrected chi connectivity index (χ2v) is 9.20. The third-order valence-corrected chi connectivity index (χ3v) is 5.96. The Bertz CT molecular complexity index is 858. The van der Waals surface area contributed by atoms with Gasteiger partial charge in [-0.15, -0.1) is 0 Å². The number of rotatable bonds is 6. The molecule has 0 radical (unpaired) electrons. The van der Waals surface area contributed by atoms with Crippen LogP contribution in [0.5, 0.6) is 0 Å². The molecule has 142 valence electrons. The molecule has 0 heterocycles. The fourth-order valence-electron chi connectivity index (χ4n) is 2.94.